The number of pyridine rings is 1. The van der Waals surface area contributed by atoms with Crippen molar-refractivity contribution in [3.05, 3.63) is 35.5 Å². The third-order valence-corrected chi connectivity index (χ3v) is 4.24. The van der Waals surface area contributed by atoms with Gasteiger partial charge in [-0.3, -0.25) is 9.78 Å². The standard InChI is InChI=1S/C15H17N3O2S/c19-14(17-9-12-4-3-7-20-12)8-11-10-21-15(18-11)13-5-1-2-6-16-13/h1-2,5-6,10,12H,3-4,7-9H2,(H,17,19)/t12-/m0/s1. The molecule has 1 aliphatic heterocycles. The van der Waals surface area contributed by atoms with Gasteiger partial charge in [-0.25, -0.2) is 4.98 Å². The van der Waals surface area contributed by atoms with Gasteiger partial charge < -0.3 is 10.1 Å². The van der Waals surface area contributed by atoms with E-state index in [1.807, 2.05) is 23.6 Å². The maximum absolute atomic E-state index is 11.9. The lowest BCUT2D eigenvalue weighted by atomic mass is 10.2. The second-order valence-corrected chi connectivity index (χ2v) is 5.83. The van der Waals surface area contributed by atoms with E-state index in [0.29, 0.717) is 13.0 Å². The zero-order valence-corrected chi connectivity index (χ0v) is 12.4. The molecule has 0 aromatic carbocycles. The number of hydrogen-bond acceptors (Lipinski definition) is 5. The van der Waals surface area contributed by atoms with Crippen LogP contribution in [0.25, 0.3) is 10.7 Å². The molecule has 1 N–H and O–H groups in total. The van der Waals surface area contributed by atoms with E-state index in [4.69, 9.17) is 4.74 Å². The van der Waals surface area contributed by atoms with E-state index in [0.717, 1.165) is 35.8 Å². The molecule has 1 amide bonds. The molecule has 0 saturated carbocycles. The lowest BCUT2D eigenvalue weighted by molar-refractivity contribution is -0.121. The smallest absolute Gasteiger partial charge is 0.226 e. The molecular weight excluding hydrogens is 286 g/mol. The molecule has 0 radical (unpaired) electrons. The van der Waals surface area contributed by atoms with Gasteiger partial charge in [-0.15, -0.1) is 11.3 Å². The second-order valence-electron chi connectivity index (χ2n) is 4.97. The summed E-state index contributed by atoms with van der Waals surface area (Å²) in [5, 5.41) is 5.66. The van der Waals surface area contributed by atoms with Gasteiger partial charge in [-0.1, -0.05) is 6.07 Å². The minimum Gasteiger partial charge on any atom is -0.376 e. The Bertz CT molecular complexity index is 594. The topological polar surface area (TPSA) is 64.1 Å². The van der Waals surface area contributed by atoms with Crippen LogP contribution in [0.1, 0.15) is 18.5 Å². The van der Waals surface area contributed by atoms with E-state index < -0.39 is 0 Å². The summed E-state index contributed by atoms with van der Waals surface area (Å²) in [6.45, 7) is 1.40. The Hall–Kier alpha value is -1.79. The summed E-state index contributed by atoms with van der Waals surface area (Å²) in [6.07, 6.45) is 4.33. The third-order valence-electron chi connectivity index (χ3n) is 3.33. The Labute approximate surface area is 127 Å². The van der Waals surface area contributed by atoms with Gasteiger partial charge in [0, 0.05) is 24.7 Å². The Morgan fingerprint density at radius 3 is 3.19 bits per heavy atom. The third kappa shape index (κ3) is 3.86. The molecular formula is C15H17N3O2S. The first kappa shape index (κ1) is 14.2. The van der Waals surface area contributed by atoms with Crippen LogP contribution in [0, 0.1) is 0 Å². The Morgan fingerprint density at radius 2 is 2.43 bits per heavy atom. The van der Waals surface area contributed by atoms with Crippen LogP contribution >= 0.6 is 11.3 Å². The average molecular weight is 303 g/mol. The van der Waals surface area contributed by atoms with Crippen molar-refractivity contribution in [1.82, 2.24) is 15.3 Å². The number of thiazole rings is 1. The molecule has 0 unspecified atom stereocenters. The van der Waals surface area contributed by atoms with E-state index in [-0.39, 0.29) is 12.0 Å². The van der Waals surface area contributed by atoms with E-state index in [1.54, 1.807) is 6.20 Å². The maximum Gasteiger partial charge on any atom is 0.226 e. The van der Waals surface area contributed by atoms with E-state index in [1.165, 1.54) is 11.3 Å². The highest BCUT2D eigenvalue weighted by atomic mass is 32.1. The molecule has 1 saturated heterocycles. The molecule has 110 valence electrons. The van der Waals surface area contributed by atoms with Gasteiger partial charge in [-0.2, -0.15) is 0 Å². The van der Waals surface area contributed by atoms with Crippen LogP contribution in [0.5, 0.6) is 0 Å². The Morgan fingerprint density at radius 1 is 1.48 bits per heavy atom. The van der Waals surface area contributed by atoms with Crippen molar-refractivity contribution in [1.29, 1.82) is 0 Å². The number of nitrogens with one attached hydrogen (secondary N) is 1. The van der Waals surface area contributed by atoms with Crippen molar-refractivity contribution in [3.8, 4) is 10.7 Å². The molecule has 6 heteroatoms. The van der Waals surface area contributed by atoms with E-state index in [2.05, 4.69) is 15.3 Å². The highest BCUT2D eigenvalue weighted by Gasteiger charge is 2.16. The van der Waals surface area contributed by atoms with Gasteiger partial charge in [0.15, 0.2) is 0 Å². The number of carbonyl (C=O) groups excluding carboxylic acids is 1. The molecule has 0 spiro atoms. The summed E-state index contributed by atoms with van der Waals surface area (Å²) in [5.41, 5.74) is 1.62. The Kier molecular flexibility index (Phi) is 4.57. The number of rotatable bonds is 5. The van der Waals surface area contributed by atoms with Gasteiger partial charge in [0.1, 0.15) is 5.01 Å². The fourth-order valence-corrected chi connectivity index (χ4v) is 3.05. The monoisotopic (exact) mass is 303 g/mol. The first-order valence-corrected chi connectivity index (χ1v) is 7.93. The largest absolute Gasteiger partial charge is 0.376 e. The second kappa shape index (κ2) is 6.78. The number of carbonyl (C=O) groups is 1. The number of hydrogen-bond donors (Lipinski definition) is 1. The van der Waals surface area contributed by atoms with Gasteiger partial charge in [0.2, 0.25) is 5.91 Å². The van der Waals surface area contributed by atoms with Crippen LogP contribution in [0.3, 0.4) is 0 Å². The minimum absolute atomic E-state index is 0.0108. The molecule has 1 atom stereocenters. The van der Waals surface area contributed by atoms with Crippen molar-refractivity contribution in [3.63, 3.8) is 0 Å². The van der Waals surface area contributed by atoms with Crippen molar-refractivity contribution in [2.75, 3.05) is 13.2 Å². The van der Waals surface area contributed by atoms with Crippen LogP contribution in [-0.4, -0.2) is 35.1 Å². The summed E-state index contributed by atoms with van der Waals surface area (Å²) < 4.78 is 5.48. The summed E-state index contributed by atoms with van der Waals surface area (Å²) in [5.74, 6) is -0.0108. The normalized spacial score (nSPS) is 17.8. The number of ether oxygens (including phenoxy) is 1. The van der Waals surface area contributed by atoms with E-state index in [9.17, 15) is 4.79 Å². The predicted molar refractivity (Wildman–Crippen MR) is 81.0 cm³/mol. The molecule has 2 aromatic heterocycles. The van der Waals surface area contributed by atoms with Crippen LogP contribution in [0.2, 0.25) is 0 Å². The van der Waals surface area contributed by atoms with Crippen molar-refractivity contribution < 1.29 is 9.53 Å². The molecule has 3 rings (SSSR count). The average Bonchev–Trinajstić information content (AvgIpc) is 3.17. The van der Waals surface area contributed by atoms with Crippen LogP contribution < -0.4 is 5.32 Å². The summed E-state index contributed by atoms with van der Waals surface area (Å²) in [6, 6.07) is 5.72. The van der Waals surface area contributed by atoms with Gasteiger partial charge >= 0.3 is 0 Å². The molecule has 2 aromatic rings. The first-order chi connectivity index (χ1) is 10.3. The summed E-state index contributed by atoms with van der Waals surface area (Å²) >= 11 is 1.51. The fraction of sp³-hybridized carbons (Fsp3) is 0.400. The quantitative estimate of drug-likeness (QED) is 0.918. The van der Waals surface area contributed by atoms with Crippen molar-refractivity contribution in [2.24, 2.45) is 0 Å². The summed E-state index contributed by atoms with van der Waals surface area (Å²) in [7, 11) is 0. The molecule has 3 heterocycles. The Balaban J connectivity index is 1.53. The van der Waals surface area contributed by atoms with Crippen molar-refractivity contribution in [2.45, 2.75) is 25.4 Å². The molecule has 5 nitrogen and oxygen atoms in total. The molecule has 0 aliphatic carbocycles. The van der Waals surface area contributed by atoms with E-state index >= 15 is 0 Å². The number of amides is 1. The highest BCUT2D eigenvalue weighted by molar-refractivity contribution is 7.13. The van der Waals surface area contributed by atoms with Gasteiger partial charge in [0.25, 0.3) is 0 Å². The van der Waals surface area contributed by atoms with Crippen LogP contribution in [0.4, 0.5) is 0 Å². The zero-order valence-electron chi connectivity index (χ0n) is 11.6. The van der Waals surface area contributed by atoms with Gasteiger partial charge in [-0.05, 0) is 25.0 Å². The van der Waals surface area contributed by atoms with Crippen LogP contribution in [0.15, 0.2) is 29.8 Å². The fourth-order valence-electron chi connectivity index (χ4n) is 2.26. The lowest BCUT2D eigenvalue weighted by Gasteiger charge is -2.09. The lowest BCUT2D eigenvalue weighted by Crippen LogP contribution is -2.32. The molecule has 21 heavy (non-hydrogen) atoms. The zero-order chi connectivity index (χ0) is 14.5. The molecule has 1 fully saturated rings. The predicted octanol–water partition coefficient (Wildman–Crippen LogP) is 2.04. The van der Waals surface area contributed by atoms with Crippen molar-refractivity contribution >= 4 is 17.2 Å². The number of aromatic nitrogens is 2. The highest BCUT2D eigenvalue weighted by Crippen LogP contribution is 2.21. The molecule has 1 aliphatic rings. The molecule has 0 bridgehead atoms. The first-order valence-electron chi connectivity index (χ1n) is 7.05. The summed E-state index contributed by atoms with van der Waals surface area (Å²) in [4.78, 5) is 20.6. The number of nitrogens with zero attached hydrogens (tertiary/aromatic N) is 2. The SMILES string of the molecule is O=C(Cc1csc(-c2ccccn2)n1)NC[C@@H]1CCCO1. The maximum atomic E-state index is 11.9. The van der Waals surface area contributed by atoms with Gasteiger partial charge in [0.05, 0.1) is 23.9 Å². The van der Waals surface area contributed by atoms with Crippen LogP contribution in [-0.2, 0) is 16.0 Å². The minimum atomic E-state index is -0.0108.